The fourth-order valence-electron chi connectivity index (χ4n) is 4.02. The highest BCUT2D eigenvalue weighted by Crippen LogP contribution is 2.35. The van der Waals surface area contributed by atoms with Gasteiger partial charge in [0.15, 0.2) is 0 Å². The van der Waals surface area contributed by atoms with E-state index in [0.717, 1.165) is 13.1 Å². The molecule has 1 fully saturated rings. The van der Waals surface area contributed by atoms with Gasteiger partial charge in [-0.1, -0.05) is 26.0 Å². The lowest BCUT2D eigenvalue weighted by Crippen LogP contribution is -2.44. The summed E-state index contributed by atoms with van der Waals surface area (Å²) in [5.41, 5.74) is 10.9. The molecule has 2 aliphatic rings. The quantitative estimate of drug-likeness (QED) is 0.928. The highest BCUT2D eigenvalue weighted by atomic mass is 15.2. The van der Waals surface area contributed by atoms with Crippen LogP contribution in [-0.4, -0.2) is 38.1 Å². The summed E-state index contributed by atoms with van der Waals surface area (Å²) < 4.78 is 0. The normalized spacial score (nSPS) is 23.1. The van der Waals surface area contributed by atoms with Crippen molar-refractivity contribution in [2.24, 2.45) is 11.1 Å². The first kappa shape index (κ1) is 14.9. The van der Waals surface area contributed by atoms with Gasteiger partial charge >= 0.3 is 0 Å². The average Bonchev–Trinajstić information content (AvgIpc) is 2.80. The molecule has 1 saturated heterocycles. The summed E-state index contributed by atoms with van der Waals surface area (Å²) in [6.45, 7) is 8.95. The second-order valence-corrected chi connectivity index (χ2v) is 7.55. The van der Waals surface area contributed by atoms with E-state index in [2.05, 4.69) is 48.9 Å². The van der Waals surface area contributed by atoms with Gasteiger partial charge in [-0.15, -0.1) is 0 Å². The number of nitrogens with two attached hydrogens (primary N) is 1. The van der Waals surface area contributed by atoms with E-state index in [1.54, 1.807) is 0 Å². The summed E-state index contributed by atoms with van der Waals surface area (Å²) in [5, 5.41) is 0. The zero-order valence-electron chi connectivity index (χ0n) is 13.7. The Morgan fingerprint density at radius 3 is 2.81 bits per heavy atom. The third-order valence-corrected chi connectivity index (χ3v) is 5.21. The maximum atomic E-state index is 6.14. The van der Waals surface area contributed by atoms with Crippen LogP contribution in [0, 0.1) is 5.41 Å². The second kappa shape index (κ2) is 5.62. The molecule has 0 amide bonds. The molecule has 1 aromatic rings. The molecule has 1 atom stereocenters. The van der Waals surface area contributed by atoms with Crippen molar-refractivity contribution < 1.29 is 0 Å². The van der Waals surface area contributed by atoms with Crippen molar-refractivity contribution in [3.63, 3.8) is 0 Å². The van der Waals surface area contributed by atoms with Crippen molar-refractivity contribution >= 4 is 5.69 Å². The highest BCUT2D eigenvalue weighted by molar-refractivity contribution is 5.58. The van der Waals surface area contributed by atoms with Gasteiger partial charge in [0.1, 0.15) is 0 Å². The smallest absolute Gasteiger partial charge is 0.0470 e. The topological polar surface area (TPSA) is 32.5 Å². The van der Waals surface area contributed by atoms with Gasteiger partial charge in [-0.05, 0) is 48.4 Å². The van der Waals surface area contributed by atoms with E-state index in [9.17, 15) is 0 Å². The Morgan fingerprint density at radius 1 is 1.29 bits per heavy atom. The minimum Gasteiger partial charge on any atom is -0.374 e. The number of fused-ring (bicyclic) bond motifs is 1. The number of rotatable bonds is 3. The van der Waals surface area contributed by atoms with Crippen molar-refractivity contribution in [2.45, 2.75) is 39.2 Å². The second-order valence-electron chi connectivity index (χ2n) is 7.55. The Bertz CT molecular complexity index is 509. The van der Waals surface area contributed by atoms with E-state index in [4.69, 9.17) is 5.73 Å². The van der Waals surface area contributed by atoms with Gasteiger partial charge < -0.3 is 10.6 Å². The summed E-state index contributed by atoms with van der Waals surface area (Å²) in [7, 11) is 2.18. The molecular formula is C18H29N3. The average molecular weight is 287 g/mol. The van der Waals surface area contributed by atoms with Gasteiger partial charge in [-0.2, -0.15) is 0 Å². The number of hydrogen-bond acceptors (Lipinski definition) is 3. The summed E-state index contributed by atoms with van der Waals surface area (Å²) in [5.74, 6) is 0. The van der Waals surface area contributed by atoms with Crippen LogP contribution in [0.3, 0.4) is 0 Å². The van der Waals surface area contributed by atoms with Crippen LogP contribution in [-0.2, 0) is 6.42 Å². The number of piperidine rings is 1. The van der Waals surface area contributed by atoms with Crippen LogP contribution in [0.4, 0.5) is 5.69 Å². The summed E-state index contributed by atoms with van der Waals surface area (Å²) >= 11 is 0. The number of benzene rings is 1. The number of likely N-dealkylation sites (N-methyl/N-ethyl adjacent to an activating group) is 1. The molecule has 21 heavy (non-hydrogen) atoms. The standard InChI is InChI=1S/C18H29N3/c1-18(2)8-4-9-21(13-18)17(12-19)14-5-6-16-15(11-14)7-10-20(16)3/h5-6,11,17H,4,7-10,12-13,19H2,1-3H3. The molecule has 1 unspecified atom stereocenters. The minimum atomic E-state index is 0.376. The molecule has 2 heterocycles. The lowest BCUT2D eigenvalue weighted by atomic mass is 9.83. The Balaban J connectivity index is 1.83. The third kappa shape index (κ3) is 2.95. The summed E-state index contributed by atoms with van der Waals surface area (Å²) in [4.78, 5) is 4.95. The Kier molecular flexibility index (Phi) is 3.98. The van der Waals surface area contributed by atoms with E-state index in [0.29, 0.717) is 18.0 Å². The van der Waals surface area contributed by atoms with Gasteiger partial charge in [0.05, 0.1) is 0 Å². The monoisotopic (exact) mass is 287 g/mol. The van der Waals surface area contributed by atoms with Crippen LogP contribution in [0.5, 0.6) is 0 Å². The molecule has 0 aliphatic carbocycles. The van der Waals surface area contributed by atoms with E-state index < -0.39 is 0 Å². The zero-order chi connectivity index (χ0) is 15.0. The molecule has 1 aromatic carbocycles. The molecule has 2 aliphatic heterocycles. The van der Waals surface area contributed by atoms with E-state index in [1.807, 2.05) is 0 Å². The van der Waals surface area contributed by atoms with Crippen LogP contribution < -0.4 is 10.6 Å². The molecular weight excluding hydrogens is 258 g/mol. The maximum Gasteiger partial charge on any atom is 0.0470 e. The third-order valence-electron chi connectivity index (χ3n) is 5.21. The molecule has 0 saturated carbocycles. The molecule has 3 nitrogen and oxygen atoms in total. The van der Waals surface area contributed by atoms with Crippen LogP contribution in [0.25, 0.3) is 0 Å². The first-order valence-electron chi connectivity index (χ1n) is 8.28. The maximum absolute atomic E-state index is 6.14. The Hall–Kier alpha value is -1.06. The van der Waals surface area contributed by atoms with Gasteiger partial charge in [-0.25, -0.2) is 0 Å². The Labute approximate surface area is 129 Å². The van der Waals surface area contributed by atoms with Crippen molar-refractivity contribution in [1.82, 2.24) is 4.90 Å². The van der Waals surface area contributed by atoms with Gasteiger partial charge in [-0.3, -0.25) is 4.90 Å². The van der Waals surface area contributed by atoms with Crippen LogP contribution in [0.15, 0.2) is 18.2 Å². The number of nitrogens with zero attached hydrogens (tertiary/aromatic N) is 2. The fourth-order valence-corrected chi connectivity index (χ4v) is 4.02. The molecule has 3 rings (SSSR count). The molecule has 2 N–H and O–H groups in total. The first-order chi connectivity index (χ1) is 10.00. The van der Waals surface area contributed by atoms with E-state index >= 15 is 0 Å². The highest BCUT2D eigenvalue weighted by Gasteiger charge is 2.31. The van der Waals surface area contributed by atoms with Crippen LogP contribution in [0.1, 0.15) is 43.9 Å². The van der Waals surface area contributed by atoms with Gasteiger partial charge in [0.2, 0.25) is 0 Å². The largest absolute Gasteiger partial charge is 0.374 e. The Morgan fingerprint density at radius 2 is 2.10 bits per heavy atom. The summed E-state index contributed by atoms with van der Waals surface area (Å²) in [6.07, 6.45) is 3.79. The molecule has 0 bridgehead atoms. The van der Waals surface area contributed by atoms with Gasteiger partial charge in [0, 0.05) is 38.4 Å². The zero-order valence-corrected chi connectivity index (χ0v) is 13.7. The first-order valence-corrected chi connectivity index (χ1v) is 8.28. The lowest BCUT2D eigenvalue weighted by Gasteiger charge is -2.42. The van der Waals surface area contributed by atoms with Crippen molar-refractivity contribution in [2.75, 3.05) is 38.1 Å². The van der Waals surface area contributed by atoms with Crippen molar-refractivity contribution in [1.29, 1.82) is 0 Å². The van der Waals surface area contributed by atoms with E-state index in [1.165, 1.54) is 42.6 Å². The number of hydrogen-bond donors (Lipinski definition) is 1. The summed E-state index contributed by atoms with van der Waals surface area (Å²) in [6, 6.07) is 7.36. The fraction of sp³-hybridized carbons (Fsp3) is 0.667. The van der Waals surface area contributed by atoms with E-state index in [-0.39, 0.29) is 0 Å². The SMILES string of the molecule is CN1CCc2cc(C(CN)N3CCCC(C)(C)C3)ccc21. The minimum absolute atomic E-state index is 0.376. The predicted molar refractivity (Wildman–Crippen MR) is 89.8 cm³/mol. The number of likely N-dealkylation sites (tertiary alicyclic amines) is 1. The lowest BCUT2D eigenvalue weighted by molar-refractivity contribution is 0.0807. The van der Waals surface area contributed by atoms with Crippen LogP contribution in [0.2, 0.25) is 0 Å². The predicted octanol–water partition coefficient (Wildman–Crippen LogP) is 2.80. The molecule has 0 aromatic heterocycles. The van der Waals surface area contributed by atoms with Crippen molar-refractivity contribution in [3.05, 3.63) is 29.3 Å². The molecule has 0 spiro atoms. The molecule has 3 heteroatoms. The van der Waals surface area contributed by atoms with Crippen LogP contribution >= 0.6 is 0 Å². The molecule has 116 valence electrons. The van der Waals surface area contributed by atoms with Gasteiger partial charge in [0.25, 0.3) is 0 Å². The van der Waals surface area contributed by atoms with Crippen molar-refractivity contribution in [3.8, 4) is 0 Å². The molecule has 0 radical (unpaired) electrons. The number of anilines is 1.